The van der Waals surface area contributed by atoms with Gasteiger partial charge in [-0.05, 0) is 19.1 Å². The number of fused-ring (bicyclic) bond motifs is 1. The number of aryl methyl sites for hydroxylation is 1. The largest absolute Gasteiger partial charge is 0.380 e. The number of halogens is 3. The molecule has 0 aliphatic rings. The first-order valence-corrected chi connectivity index (χ1v) is 7.28. The van der Waals surface area contributed by atoms with Crippen LogP contribution in [0, 0.1) is 0 Å². The van der Waals surface area contributed by atoms with E-state index in [0.29, 0.717) is 28.9 Å². The van der Waals surface area contributed by atoms with Crippen molar-refractivity contribution in [2.75, 3.05) is 13.0 Å². The van der Waals surface area contributed by atoms with Gasteiger partial charge in [0, 0.05) is 19.4 Å². The highest BCUT2D eigenvalue weighted by Crippen LogP contribution is 2.28. The molecule has 0 saturated carbocycles. The van der Waals surface area contributed by atoms with Crippen LogP contribution >= 0.6 is 34.8 Å². The van der Waals surface area contributed by atoms with Crippen LogP contribution in [0.3, 0.4) is 0 Å². The molecule has 0 aliphatic heterocycles. The Morgan fingerprint density at radius 1 is 1.32 bits per heavy atom. The van der Waals surface area contributed by atoms with E-state index in [-0.39, 0.29) is 6.10 Å². The predicted octanol–water partition coefficient (Wildman–Crippen LogP) is 4.16. The zero-order chi connectivity index (χ0) is 14.0. The fourth-order valence-corrected chi connectivity index (χ4v) is 2.47. The van der Waals surface area contributed by atoms with E-state index in [1.807, 2.05) is 13.0 Å². The Morgan fingerprint density at radius 3 is 2.63 bits per heavy atom. The van der Waals surface area contributed by atoms with Crippen molar-refractivity contribution >= 4 is 45.8 Å². The minimum atomic E-state index is 0.0842. The molecule has 0 amide bonds. The van der Waals surface area contributed by atoms with Crippen molar-refractivity contribution in [2.45, 2.75) is 26.0 Å². The summed E-state index contributed by atoms with van der Waals surface area (Å²) in [5, 5.41) is 1.04. The topological polar surface area (TPSA) is 27.1 Å². The molecule has 1 unspecified atom stereocenters. The van der Waals surface area contributed by atoms with Crippen LogP contribution in [-0.4, -0.2) is 28.6 Å². The Morgan fingerprint density at radius 2 is 2.00 bits per heavy atom. The number of hydrogen-bond donors (Lipinski definition) is 0. The zero-order valence-electron chi connectivity index (χ0n) is 10.8. The molecule has 104 valence electrons. The third-order valence-electron chi connectivity index (χ3n) is 3.03. The number of nitrogens with zero attached hydrogens (tertiary/aromatic N) is 2. The molecule has 0 radical (unpaired) electrons. The maximum atomic E-state index is 6.09. The molecular formula is C13H15Cl3N2O. The predicted molar refractivity (Wildman–Crippen MR) is 80.6 cm³/mol. The molecule has 0 N–H and O–H groups in total. The Balaban J connectivity index is 2.55. The first kappa shape index (κ1) is 14.9. The summed E-state index contributed by atoms with van der Waals surface area (Å²) in [5.41, 5.74) is 1.79. The SMILES string of the molecule is COC(C)Cn1c(CCCl)nc2cc(Cl)c(Cl)cc21. The number of alkyl halides is 1. The molecule has 19 heavy (non-hydrogen) atoms. The molecule has 2 rings (SSSR count). The molecular weight excluding hydrogens is 307 g/mol. The van der Waals surface area contributed by atoms with Gasteiger partial charge in [0.25, 0.3) is 0 Å². The van der Waals surface area contributed by atoms with E-state index in [0.717, 1.165) is 16.9 Å². The van der Waals surface area contributed by atoms with E-state index in [9.17, 15) is 0 Å². The van der Waals surface area contributed by atoms with Crippen LogP contribution in [0.4, 0.5) is 0 Å². The van der Waals surface area contributed by atoms with Crippen molar-refractivity contribution in [1.29, 1.82) is 0 Å². The zero-order valence-corrected chi connectivity index (χ0v) is 13.1. The number of ether oxygens (including phenoxy) is 1. The van der Waals surface area contributed by atoms with Crippen LogP contribution in [0.25, 0.3) is 11.0 Å². The van der Waals surface area contributed by atoms with Crippen LogP contribution in [-0.2, 0) is 17.7 Å². The van der Waals surface area contributed by atoms with Crippen LogP contribution in [0.1, 0.15) is 12.7 Å². The van der Waals surface area contributed by atoms with Crippen LogP contribution in [0.5, 0.6) is 0 Å². The van der Waals surface area contributed by atoms with Gasteiger partial charge in [0.15, 0.2) is 0 Å². The van der Waals surface area contributed by atoms with Gasteiger partial charge in [-0.25, -0.2) is 4.98 Å². The number of aromatic nitrogens is 2. The molecule has 0 fully saturated rings. The number of imidazole rings is 1. The van der Waals surface area contributed by atoms with E-state index in [1.165, 1.54) is 0 Å². The second kappa shape index (κ2) is 6.31. The van der Waals surface area contributed by atoms with E-state index in [1.54, 1.807) is 13.2 Å². The van der Waals surface area contributed by atoms with Gasteiger partial charge in [0.05, 0.1) is 33.7 Å². The first-order valence-electron chi connectivity index (χ1n) is 5.99. The van der Waals surface area contributed by atoms with Gasteiger partial charge >= 0.3 is 0 Å². The molecule has 1 aromatic heterocycles. The molecule has 1 atom stereocenters. The van der Waals surface area contributed by atoms with Gasteiger partial charge in [-0.2, -0.15) is 0 Å². The lowest BCUT2D eigenvalue weighted by atomic mass is 10.3. The van der Waals surface area contributed by atoms with Gasteiger partial charge in [0.2, 0.25) is 0 Å². The Bertz CT molecular complexity index is 583. The summed E-state index contributed by atoms with van der Waals surface area (Å²) in [6, 6.07) is 3.62. The normalized spacial score (nSPS) is 13.1. The number of hydrogen-bond acceptors (Lipinski definition) is 2. The maximum absolute atomic E-state index is 6.09. The average Bonchev–Trinajstić information content (AvgIpc) is 2.68. The quantitative estimate of drug-likeness (QED) is 0.773. The summed E-state index contributed by atoms with van der Waals surface area (Å²) in [6.45, 7) is 2.71. The number of methoxy groups -OCH3 is 1. The maximum Gasteiger partial charge on any atom is 0.111 e. The highest BCUT2D eigenvalue weighted by molar-refractivity contribution is 6.42. The molecule has 3 nitrogen and oxygen atoms in total. The summed E-state index contributed by atoms with van der Waals surface area (Å²) in [7, 11) is 1.69. The Hall–Kier alpha value is -0.480. The summed E-state index contributed by atoms with van der Waals surface area (Å²) in [4.78, 5) is 4.57. The first-order chi connectivity index (χ1) is 9.06. The lowest BCUT2D eigenvalue weighted by Gasteiger charge is -2.14. The molecule has 6 heteroatoms. The summed E-state index contributed by atoms with van der Waals surface area (Å²) >= 11 is 17.9. The molecule has 0 spiro atoms. The van der Waals surface area contributed by atoms with Crippen LogP contribution in [0.2, 0.25) is 10.0 Å². The molecule has 1 aromatic carbocycles. The standard InChI is InChI=1S/C13H15Cl3N2O/c1-8(19-2)7-18-12-6-10(16)9(15)5-11(12)17-13(18)3-4-14/h5-6,8H,3-4,7H2,1-2H3. The third-order valence-corrected chi connectivity index (χ3v) is 3.94. The van der Waals surface area contributed by atoms with E-state index < -0.39 is 0 Å². The summed E-state index contributed by atoms with van der Waals surface area (Å²) < 4.78 is 7.41. The van der Waals surface area contributed by atoms with E-state index >= 15 is 0 Å². The van der Waals surface area contributed by atoms with Gasteiger partial charge in [0.1, 0.15) is 5.82 Å². The van der Waals surface area contributed by atoms with Gasteiger partial charge in [-0.15, -0.1) is 11.6 Å². The number of rotatable bonds is 5. The van der Waals surface area contributed by atoms with Crippen LogP contribution in [0.15, 0.2) is 12.1 Å². The van der Waals surface area contributed by atoms with Crippen molar-refractivity contribution < 1.29 is 4.74 Å². The Kier molecular flexibility index (Phi) is 4.96. The average molecular weight is 322 g/mol. The fraction of sp³-hybridized carbons (Fsp3) is 0.462. The fourth-order valence-electron chi connectivity index (χ4n) is 1.98. The molecule has 0 aliphatic carbocycles. The van der Waals surface area contributed by atoms with Crippen molar-refractivity contribution in [3.8, 4) is 0 Å². The Labute approximate surface area is 127 Å². The molecule has 1 heterocycles. The summed E-state index contributed by atoms with van der Waals surface area (Å²) in [6.07, 6.45) is 0.781. The highest BCUT2D eigenvalue weighted by atomic mass is 35.5. The monoisotopic (exact) mass is 320 g/mol. The van der Waals surface area contributed by atoms with Crippen molar-refractivity contribution in [1.82, 2.24) is 9.55 Å². The van der Waals surface area contributed by atoms with Crippen molar-refractivity contribution in [3.05, 3.63) is 28.0 Å². The van der Waals surface area contributed by atoms with Crippen molar-refractivity contribution in [3.63, 3.8) is 0 Å². The summed E-state index contributed by atoms with van der Waals surface area (Å²) in [5.74, 6) is 1.44. The minimum absolute atomic E-state index is 0.0842. The third kappa shape index (κ3) is 3.16. The molecule has 0 bridgehead atoms. The molecule has 0 saturated heterocycles. The number of benzene rings is 1. The second-order valence-corrected chi connectivity index (χ2v) is 5.57. The smallest absolute Gasteiger partial charge is 0.111 e. The van der Waals surface area contributed by atoms with Gasteiger partial charge in [-0.3, -0.25) is 0 Å². The van der Waals surface area contributed by atoms with Gasteiger partial charge < -0.3 is 9.30 Å². The van der Waals surface area contributed by atoms with E-state index in [2.05, 4.69) is 9.55 Å². The van der Waals surface area contributed by atoms with Crippen molar-refractivity contribution in [2.24, 2.45) is 0 Å². The lowest BCUT2D eigenvalue weighted by Crippen LogP contribution is -2.17. The van der Waals surface area contributed by atoms with Gasteiger partial charge in [-0.1, -0.05) is 23.2 Å². The minimum Gasteiger partial charge on any atom is -0.380 e. The van der Waals surface area contributed by atoms with Crippen LogP contribution < -0.4 is 0 Å². The lowest BCUT2D eigenvalue weighted by molar-refractivity contribution is 0.103. The highest BCUT2D eigenvalue weighted by Gasteiger charge is 2.14. The molecule has 2 aromatic rings. The van der Waals surface area contributed by atoms with E-state index in [4.69, 9.17) is 39.5 Å². The second-order valence-electron chi connectivity index (χ2n) is 4.38.